The first-order chi connectivity index (χ1) is 11.5. The van der Waals surface area contributed by atoms with E-state index in [2.05, 4.69) is 10.6 Å². The largest absolute Gasteiger partial charge is 0.352 e. The third kappa shape index (κ3) is 4.08. The predicted octanol–water partition coefficient (Wildman–Crippen LogP) is 3.88. The third-order valence-corrected chi connectivity index (χ3v) is 4.51. The number of nitrogens with one attached hydrogen (secondary N) is 2. The Bertz CT molecular complexity index is 765. The van der Waals surface area contributed by atoms with Gasteiger partial charge in [0, 0.05) is 11.6 Å². The molecule has 1 aliphatic carbocycles. The van der Waals surface area contributed by atoms with Crippen LogP contribution in [0.15, 0.2) is 48.5 Å². The van der Waals surface area contributed by atoms with E-state index in [9.17, 15) is 9.59 Å². The zero-order chi connectivity index (χ0) is 17.1. The van der Waals surface area contributed by atoms with E-state index >= 15 is 0 Å². The first-order valence-corrected chi connectivity index (χ1v) is 8.38. The second kappa shape index (κ2) is 7.24. The molecule has 0 bridgehead atoms. The molecule has 1 saturated carbocycles. The molecule has 2 N–H and O–H groups in total. The van der Waals surface area contributed by atoms with Gasteiger partial charge in [0.15, 0.2) is 0 Å². The second-order valence-corrected chi connectivity index (χ2v) is 6.61. The van der Waals surface area contributed by atoms with E-state index in [1.165, 1.54) is 0 Å². The van der Waals surface area contributed by atoms with Gasteiger partial charge in [0.2, 0.25) is 11.8 Å². The Morgan fingerprint density at radius 2 is 1.71 bits per heavy atom. The average Bonchev–Trinajstić information content (AvgIpc) is 3.37. The van der Waals surface area contributed by atoms with Gasteiger partial charge in [-0.25, -0.2) is 0 Å². The standard InChI is InChI=1S/C18H16Cl2N2O2/c19-12-6-7-16(15(20)8-12)22-18(24)14-9-13(14)17(23)21-10-11-4-2-1-3-5-11/h1-8,13-14H,9-10H2,(H,21,23)(H,22,24). The van der Waals surface area contributed by atoms with Gasteiger partial charge < -0.3 is 10.6 Å². The summed E-state index contributed by atoms with van der Waals surface area (Å²) in [5.41, 5.74) is 1.53. The summed E-state index contributed by atoms with van der Waals surface area (Å²) in [7, 11) is 0. The van der Waals surface area contributed by atoms with Crippen molar-refractivity contribution in [2.45, 2.75) is 13.0 Å². The van der Waals surface area contributed by atoms with Crippen LogP contribution in [0.1, 0.15) is 12.0 Å². The van der Waals surface area contributed by atoms with E-state index in [4.69, 9.17) is 23.2 Å². The highest BCUT2D eigenvalue weighted by molar-refractivity contribution is 6.36. The van der Waals surface area contributed by atoms with Crippen LogP contribution in [0.5, 0.6) is 0 Å². The van der Waals surface area contributed by atoms with Crippen molar-refractivity contribution < 1.29 is 9.59 Å². The Labute approximate surface area is 150 Å². The summed E-state index contributed by atoms with van der Waals surface area (Å²) >= 11 is 11.9. The number of anilines is 1. The van der Waals surface area contributed by atoms with Crippen molar-refractivity contribution >= 4 is 40.7 Å². The number of carbonyl (C=O) groups excluding carboxylic acids is 2. The molecule has 0 radical (unpaired) electrons. The summed E-state index contributed by atoms with van der Waals surface area (Å²) in [6.45, 7) is 0.466. The van der Waals surface area contributed by atoms with Crippen molar-refractivity contribution in [1.29, 1.82) is 0 Å². The fourth-order valence-electron chi connectivity index (χ4n) is 2.51. The highest BCUT2D eigenvalue weighted by atomic mass is 35.5. The quantitative estimate of drug-likeness (QED) is 0.847. The van der Waals surface area contributed by atoms with Crippen molar-refractivity contribution in [3.05, 3.63) is 64.1 Å². The van der Waals surface area contributed by atoms with E-state index in [0.29, 0.717) is 28.7 Å². The number of hydrogen-bond acceptors (Lipinski definition) is 2. The number of hydrogen-bond donors (Lipinski definition) is 2. The minimum atomic E-state index is -0.312. The van der Waals surface area contributed by atoms with Crippen molar-refractivity contribution in [3.63, 3.8) is 0 Å². The summed E-state index contributed by atoms with van der Waals surface area (Å²) < 4.78 is 0. The summed E-state index contributed by atoms with van der Waals surface area (Å²) in [5, 5.41) is 6.49. The van der Waals surface area contributed by atoms with E-state index in [0.717, 1.165) is 5.56 Å². The topological polar surface area (TPSA) is 58.2 Å². The monoisotopic (exact) mass is 362 g/mol. The Hall–Kier alpha value is -2.04. The van der Waals surface area contributed by atoms with Gasteiger partial charge in [0.1, 0.15) is 0 Å². The van der Waals surface area contributed by atoms with Gasteiger partial charge in [-0.2, -0.15) is 0 Å². The van der Waals surface area contributed by atoms with Crippen LogP contribution in [0.2, 0.25) is 10.0 Å². The lowest BCUT2D eigenvalue weighted by atomic mass is 10.2. The van der Waals surface area contributed by atoms with E-state index in [1.54, 1.807) is 18.2 Å². The van der Waals surface area contributed by atoms with Gasteiger partial charge in [-0.1, -0.05) is 53.5 Å². The average molecular weight is 363 g/mol. The Morgan fingerprint density at radius 3 is 2.42 bits per heavy atom. The fourth-order valence-corrected chi connectivity index (χ4v) is 2.96. The van der Waals surface area contributed by atoms with Crippen molar-refractivity contribution in [1.82, 2.24) is 5.32 Å². The summed E-state index contributed by atoms with van der Waals surface area (Å²) in [6, 6.07) is 14.5. The molecule has 0 spiro atoms. The van der Waals surface area contributed by atoms with Crippen molar-refractivity contribution in [2.24, 2.45) is 11.8 Å². The number of amides is 2. The third-order valence-electron chi connectivity index (χ3n) is 3.96. The zero-order valence-electron chi connectivity index (χ0n) is 12.8. The number of halogens is 2. The lowest BCUT2D eigenvalue weighted by Gasteiger charge is -2.08. The maximum Gasteiger partial charge on any atom is 0.228 e. The normalized spacial score (nSPS) is 18.8. The molecule has 3 rings (SSSR count). The Morgan fingerprint density at radius 1 is 1.00 bits per heavy atom. The van der Waals surface area contributed by atoms with Gasteiger partial charge in [-0.15, -0.1) is 0 Å². The summed E-state index contributed by atoms with van der Waals surface area (Å²) in [6.07, 6.45) is 0.553. The molecule has 0 aliphatic heterocycles. The van der Waals surface area contributed by atoms with Crippen LogP contribution in [0.25, 0.3) is 0 Å². The van der Waals surface area contributed by atoms with Crippen LogP contribution in [0.4, 0.5) is 5.69 Å². The predicted molar refractivity (Wildman–Crippen MR) is 95.0 cm³/mol. The molecule has 124 valence electrons. The number of rotatable bonds is 5. The van der Waals surface area contributed by atoms with Crippen molar-refractivity contribution in [3.8, 4) is 0 Å². The van der Waals surface area contributed by atoms with Gasteiger partial charge in [-0.3, -0.25) is 9.59 Å². The molecule has 0 heterocycles. The van der Waals surface area contributed by atoms with Gasteiger partial charge in [0.05, 0.1) is 22.5 Å². The molecular formula is C18H16Cl2N2O2. The molecular weight excluding hydrogens is 347 g/mol. The van der Waals surface area contributed by atoms with Crippen LogP contribution < -0.4 is 10.6 Å². The highest BCUT2D eigenvalue weighted by Crippen LogP contribution is 2.40. The van der Waals surface area contributed by atoms with Crippen molar-refractivity contribution in [2.75, 3.05) is 5.32 Å². The van der Waals surface area contributed by atoms with Gasteiger partial charge >= 0.3 is 0 Å². The first-order valence-electron chi connectivity index (χ1n) is 7.62. The Kier molecular flexibility index (Phi) is 5.07. The maximum absolute atomic E-state index is 12.2. The molecule has 2 unspecified atom stereocenters. The van der Waals surface area contributed by atoms with E-state index in [-0.39, 0.29) is 23.7 Å². The fraction of sp³-hybridized carbons (Fsp3) is 0.222. The van der Waals surface area contributed by atoms with E-state index in [1.807, 2.05) is 30.3 Å². The Balaban J connectivity index is 1.51. The lowest BCUT2D eigenvalue weighted by molar-refractivity contribution is -0.125. The summed E-state index contributed by atoms with van der Waals surface area (Å²) in [4.78, 5) is 24.3. The molecule has 1 fully saturated rings. The van der Waals surface area contributed by atoms with Crippen LogP contribution in [-0.2, 0) is 16.1 Å². The zero-order valence-corrected chi connectivity index (χ0v) is 14.3. The number of benzene rings is 2. The van der Waals surface area contributed by atoms with Gasteiger partial charge in [0.25, 0.3) is 0 Å². The van der Waals surface area contributed by atoms with Crippen LogP contribution in [0.3, 0.4) is 0 Å². The molecule has 2 atom stereocenters. The van der Waals surface area contributed by atoms with E-state index < -0.39 is 0 Å². The van der Waals surface area contributed by atoms with Crippen LogP contribution in [0, 0.1) is 11.8 Å². The maximum atomic E-state index is 12.2. The van der Waals surface area contributed by atoms with Crippen LogP contribution in [-0.4, -0.2) is 11.8 Å². The van der Waals surface area contributed by atoms with Crippen LogP contribution >= 0.6 is 23.2 Å². The second-order valence-electron chi connectivity index (χ2n) is 5.77. The molecule has 24 heavy (non-hydrogen) atoms. The highest BCUT2D eigenvalue weighted by Gasteiger charge is 2.48. The van der Waals surface area contributed by atoms with Gasteiger partial charge in [-0.05, 0) is 30.2 Å². The molecule has 0 aromatic heterocycles. The molecule has 6 heteroatoms. The SMILES string of the molecule is O=C(NCc1ccccc1)C1CC1C(=O)Nc1ccc(Cl)cc1Cl. The number of carbonyl (C=O) groups is 2. The summed E-state index contributed by atoms with van der Waals surface area (Å²) in [5.74, 6) is -0.882. The molecule has 0 saturated heterocycles. The first kappa shape index (κ1) is 16.8. The molecule has 1 aliphatic rings. The minimum Gasteiger partial charge on any atom is -0.352 e. The molecule has 2 aromatic rings. The molecule has 2 aromatic carbocycles. The molecule has 4 nitrogen and oxygen atoms in total. The minimum absolute atomic E-state index is 0.0961. The lowest BCUT2D eigenvalue weighted by Crippen LogP contribution is -2.27. The molecule has 2 amide bonds. The smallest absolute Gasteiger partial charge is 0.228 e.